The van der Waals surface area contributed by atoms with Crippen molar-refractivity contribution in [3.8, 4) is 5.75 Å². The van der Waals surface area contributed by atoms with E-state index in [4.69, 9.17) is 4.74 Å². The van der Waals surface area contributed by atoms with Crippen LogP contribution in [0.15, 0.2) is 24.3 Å². The van der Waals surface area contributed by atoms with Crippen molar-refractivity contribution >= 4 is 5.91 Å². The molecule has 0 saturated heterocycles. The maximum absolute atomic E-state index is 11.4. The number of carbonyl (C=O) groups excluding carboxylic acids is 1. The van der Waals surface area contributed by atoms with E-state index in [0.29, 0.717) is 5.92 Å². The van der Waals surface area contributed by atoms with Gasteiger partial charge in [0.25, 0.3) is 0 Å². The van der Waals surface area contributed by atoms with Crippen molar-refractivity contribution in [2.75, 3.05) is 20.2 Å². The number of hydrogen-bond acceptors (Lipinski definition) is 3. The van der Waals surface area contributed by atoms with Gasteiger partial charge in [-0.05, 0) is 25.0 Å². The van der Waals surface area contributed by atoms with E-state index in [-0.39, 0.29) is 11.9 Å². The first-order chi connectivity index (χ1) is 8.72. The van der Waals surface area contributed by atoms with Gasteiger partial charge in [-0.1, -0.05) is 18.2 Å². The van der Waals surface area contributed by atoms with E-state index in [1.165, 1.54) is 5.56 Å². The number of para-hydroxylation sites is 1. The predicted molar refractivity (Wildman–Crippen MR) is 70.8 cm³/mol. The molecule has 1 heterocycles. The van der Waals surface area contributed by atoms with Crippen molar-refractivity contribution < 1.29 is 9.53 Å². The lowest BCUT2D eigenvalue weighted by molar-refractivity contribution is -0.122. The Morgan fingerprint density at radius 2 is 2.28 bits per heavy atom. The average molecular weight is 248 g/mol. The molecule has 0 aliphatic carbocycles. The predicted octanol–water partition coefficient (Wildman–Crippen LogP) is 1.28. The third kappa shape index (κ3) is 2.82. The molecule has 1 aromatic rings. The van der Waals surface area contributed by atoms with E-state index in [1.807, 2.05) is 25.1 Å². The van der Waals surface area contributed by atoms with Crippen LogP contribution < -0.4 is 15.4 Å². The topological polar surface area (TPSA) is 50.4 Å². The molecule has 1 aliphatic heterocycles. The molecule has 4 nitrogen and oxygen atoms in total. The smallest absolute Gasteiger partial charge is 0.236 e. The van der Waals surface area contributed by atoms with Gasteiger partial charge >= 0.3 is 0 Å². The number of amides is 1. The van der Waals surface area contributed by atoms with Crippen LogP contribution in [0, 0.1) is 0 Å². The molecule has 2 rings (SSSR count). The Morgan fingerprint density at radius 3 is 3.06 bits per heavy atom. The Labute approximate surface area is 108 Å². The highest BCUT2D eigenvalue weighted by Crippen LogP contribution is 2.32. The zero-order valence-corrected chi connectivity index (χ0v) is 10.9. The Balaban J connectivity index is 1.97. The monoisotopic (exact) mass is 248 g/mol. The fourth-order valence-corrected chi connectivity index (χ4v) is 2.26. The second kappa shape index (κ2) is 5.87. The first kappa shape index (κ1) is 12.9. The summed E-state index contributed by atoms with van der Waals surface area (Å²) in [5, 5.41) is 5.92. The first-order valence-electron chi connectivity index (χ1n) is 6.39. The number of ether oxygens (including phenoxy) is 1. The highest BCUT2D eigenvalue weighted by Gasteiger charge is 2.22. The summed E-state index contributed by atoms with van der Waals surface area (Å²) in [6, 6.07) is 7.96. The molecule has 2 N–H and O–H groups in total. The summed E-state index contributed by atoms with van der Waals surface area (Å²) < 4.78 is 5.62. The van der Waals surface area contributed by atoms with Crippen LogP contribution in [0.2, 0.25) is 0 Å². The lowest BCUT2D eigenvalue weighted by atomic mass is 9.93. The standard InChI is InChI=1S/C14H20N2O2/c1-10(14(17)15-2)16-9-11-7-8-18-13-6-4-3-5-12(11)13/h3-6,10-11,16H,7-9H2,1-2H3,(H,15,17). The molecule has 1 aliphatic rings. The molecule has 1 amide bonds. The van der Waals surface area contributed by atoms with Crippen LogP contribution >= 0.6 is 0 Å². The molecule has 0 spiro atoms. The van der Waals surface area contributed by atoms with E-state index in [1.54, 1.807) is 7.05 Å². The summed E-state index contributed by atoms with van der Waals surface area (Å²) in [6.45, 7) is 3.43. The molecule has 0 fully saturated rings. The second-order valence-electron chi connectivity index (χ2n) is 4.62. The van der Waals surface area contributed by atoms with Crippen LogP contribution in [-0.4, -0.2) is 32.1 Å². The van der Waals surface area contributed by atoms with Crippen LogP contribution in [0.1, 0.15) is 24.8 Å². The maximum atomic E-state index is 11.4. The Bertz CT molecular complexity index is 420. The van der Waals surface area contributed by atoms with Gasteiger partial charge in [-0.3, -0.25) is 4.79 Å². The van der Waals surface area contributed by atoms with Crippen molar-refractivity contribution in [3.63, 3.8) is 0 Å². The minimum atomic E-state index is -0.162. The van der Waals surface area contributed by atoms with Crippen molar-refractivity contribution in [2.24, 2.45) is 0 Å². The van der Waals surface area contributed by atoms with Gasteiger partial charge in [0.05, 0.1) is 12.6 Å². The third-order valence-electron chi connectivity index (χ3n) is 3.39. The van der Waals surface area contributed by atoms with Crippen LogP contribution in [0.3, 0.4) is 0 Å². The van der Waals surface area contributed by atoms with Crippen LogP contribution in [0.25, 0.3) is 0 Å². The summed E-state index contributed by atoms with van der Waals surface area (Å²) in [4.78, 5) is 11.4. The number of rotatable bonds is 4. The molecule has 18 heavy (non-hydrogen) atoms. The summed E-state index contributed by atoms with van der Waals surface area (Å²) in [7, 11) is 1.66. The summed E-state index contributed by atoms with van der Waals surface area (Å²) >= 11 is 0. The van der Waals surface area contributed by atoms with Gasteiger partial charge in [-0.25, -0.2) is 0 Å². The minimum Gasteiger partial charge on any atom is -0.493 e. The van der Waals surface area contributed by atoms with Gasteiger partial charge in [-0.2, -0.15) is 0 Å². The Hall–Kier alpha value is -1.55. The first-order valence-corrected chi connectivity index (χ1v) is 6.39. The van der Waals surface area contributed by atoms with Gasteiger partial charge in [0, 0.05) is 19.5 Å². The molecule has 0 radical (unpaired) electrons. The summed E-state index contributed by atoms with van der Waals surface area (Å²) in [6.07, 6.45) is 0.991. The van der Waals surface area contributed by atoms with Crippen molar-refractivity contribution in [3.05, 3.63) is 29.8 Å². The zero-order valence-electron chi connectivity index (χ0n) is 10.9. The molecular formula is C14H20N2O2. The normalized spacial score (nSPS) is 19.6. The van der Waals surface area contributed by atoms with E-state index in [0.717, 1.165) is 25.3 Å². The fourth-order valence-electron chi connectivity index (χ4n) is 2.26. The molecule has 0 aromatic heterocycles. The summed E-state index contributed by atoms with van der Waals surface area (Å²) in [5.41, 5.74) is 1.24. The number of benzene rings is 1. The SMILES string of the molecule is CNC(=O)C(C)NCC1CCOc2ccccc21. The molecule has 2 atom stereocenters. The quantitative estimate of drug-likeness (QED) is 0.844. The third-order valence-corrected chi connectivity index (χ3v) is 3.39. The molecule has 98 valence electrons. The van der Waals surface area contributed by atoms with E-state index < -0.39 is 0 Å². The number of likely N-dealkylation sites (N-methyl/N-ethyl adjacent to an activating group) is 1. The zero-order chi connectivity index (χ0) is 13.0. The van der Waals surface area contributed by atoms with Gasteiger partial charge < -0.3 is 15.4 Å². The minimum absolute atomic E-state index is 0.0235. The van der Waals surface area contributed by atoms with Crippen molar-refractivity contribution in [2.45, 2.75) is 25.3 Å². The average Bonchev–Trinajstić information content (AvgIpc) is 2.43. The lowest BCUT2D eigenvalue weighted by Crippen LogP contribution is -2.42. The van der Waals surface area contributed by atoms with Gasteiger partial charge in [-0.15, -0.1) is 0 Å². The van der Waals surface area contributed by atoms with Crippen LogP contribution in [-0.2, 0) is 4.79 Å². The van der Waals surface area contributed by atoms with Crippen molar-refractivity contribution in [1.29, 1.82) is 0 Å². The van der Waals surface area contributed by atoms with Gasteiger partial charge in [0.2, 0.25) is 5.91 Å². The Kier molecular flexibility index (Phi) is 4.20. The number of hydrogen-bond donors (Lipinski definition) is 2. The molecule has 4 heteroatoms. The molecule has 0 bridgehead atoms. The fraction of sp³-hybridized carbons (Fsp3) is 0.500. The van der Waals surface area contributed by atoms with Crippen molar-refractivity contribution in [1.82, 2.24) is 10.6 Å². The van der Waals surface area contributed by atoms with Gasteiger partial charge in [0.15, 0.2) is 0 Å². The summed E-state index contributed by atoms with van der Waals surface area (Å²) in [5.74, 6) is 1.42. The molecule has 1 aromatic carbocycles. The maximum Gasteiger partial charge on any atom is 0.236 e. The molecule has 0 saturated carbocycles. The lowest BCUT2D eigenvalue weighted by Gasteiger charge is -2.27. The van der Waals surface area contributed by atoms with E-state index in [2.05, 4.69) is 16.7 Å². The van der Waals surface area contributed by atoms with Gasteiger partial charge in [0.1, 0.15) is 5.75 Å². The molecular weight excluding hydrogens is 228 g/mol. The largest absolute Gasteiger partial charge is 0.493 e. The molecule has 2 unspecified atom stereocenters. The number of fused-ring (bicyclic) bond motifs is 1. The van der Waals surface area contributed by atoms with Crippen LogP contribution in [0.5, 0.6) is 5.75 Å². The van der Waals surface area contributed by atoms with E-state index in [9.17, 15) is 4.79 Å². The second-order valence-corrected chi connectivity index (χ2v) is 4.62. The highest BCUT2D eigenvalue weighted by molar-refractivity contribution is 5.80. The van der Waals surface area contributed by atoms with Crippen LogP contribution in [0.4, 0.5) is 0 Å². The highest BCUT2D eigenvalue weighted by atomic mass is 16.5. The van der Waals surface area contributed by atoms with E-state index >= 15 is 0 Å². The number of carbonyl (C=O) groups is 1. The number of nitrogens with one attached hydrogen (secondary N) is 2. The Morgan fingerprint density at radius 1 is 1.50 bits per heavy atom.